The van der Waals surface area contributed by atoms with E-state index in [4.69, 9.17) is 4.74 Å². The van der Waals surface area contributed by atoms with Crippen molar-refractivity contribution in [2.45, 2.75) is 19.4 Å². The minimum Gasteiger partial charge on any atom is -0.381 e. The molecular formula is C13H19N3O2. The Balaban J connectivity index is 1.93. The smallest absolute Gasteiger partial charge is 0.253 e. The van der Waals surface area contributed by atoms with Crippen LogP contribution in [0.4, 0.5) is 5.82 Å². The number of nitrogens with one attached hydrogen (secondary N) is 2. The summed E-state index contributed by atoms with van der Waals surface area (Å²) in [6.45, 7) is 3.55. The van der Waals surface area contributed by atoms with Gasteiger partial charge in [-0.3, -0.25) is 4.79 Å². The number of pyridine rings is 1. The molecule has 0 saturated carbocycles. The third-order valence-corrected chi connectivity index (χ3v) is 3.31. The van der Waals surface area contributed by atoms with Gasteiger partial charge in [0.25, 0.3) is 5.91 Å². The highest BCUT2D eigenvalue weighted by atomic mass is 16.5. The van der Waals surface area contributed by atoms with Gasteiger partial charge in [0, 0.05) is 31.8 Å². The SMILES string of the molecule is CNc1ccc(C(=O)NC(C)C2CCOC2)cn1. The Labute approximate surface area is 107 Å². The second kappa shape index (κ2) is 5.82. The molecule has 1 aliphatic heterocycles. The highest BCUT2D eigenvalue weighted by molar-refractivity contribution is 5.94. The van der Waals surface area contributed by atoms with Crippen LogP contribution in [-0.2, 0) is 4.74 Å². The molecule has 2 heterocycles. The number of amides is 1. The Bertz CT molecular complexity index is 399. The minimum atomic E-state index is -0.0791. The molecule has 0 bridgehead atoms. The van der Waals surface area contributed by atoms with E-state index < -0.39 is 0 Å². The van der Waals surface area contributed by atoms with Crippen LogP contribution in [0.15, 0.2) is 18.3 Å². The monoisotopic (exact) mass is 249 g/mol. The van der Waals surface area contributed by atoms with Crippen molar-refractivity contribution in [1.29, 1.82) is 0 Å². The van der Waals surface area contributed by atoms with E-state index in [1.165, 1.54) is 0 Å². The lowest BCUT2D eigenvalue weighted by Crippen LogP contribution is -2.38. The van der Waals surface area contributed by atoms with E-state index >= 15 is 0 Å². The fourth-order valence-corrected chi connectivity index (χ4v) is 2.03. The van der Waals surface area contributed by atoms with Crippen LogP contribution >= 0.6 is 0 Å². The summed E-state index contributed by atoms with van der Waals surface area (Å²) in [6, 6.07) is 3.69. The van der Waals surface area contributed by atoms with Gasteiger partial charge in [-0.2, -0.15) is 0 Å². The molecule has 2 atom stereocenters. The van der Waals surface area contributed by atoms with Crippen molar-refractivity contribution in [3.8, 4) is 0 Å². The minimum absolute atomic E-state index is 0.0791. The van der Waals surface area contributed by atoms with Crippen LogP contribution in [0, 0.1) is 5.92 Å². The van der Waals surface area contributed by atoms with Crippen molar-refractivity contribution >= 4 is 11.7 Å². The predicted octanol–water partition coefficient (Wildman–Crippen LogP) is 1.28. The van der Waals surface area contributed by atoms with E-state index in [0.29, 0.717) is 11.5 Å². The van der Waals surface area contributed by atoms with Crippen molar-refractivity contribution in [1.82, 2.24) is 10.3 Å². The fourth-order valence-electron chi connectivity index (χ4n) is 2.03. The number of anilines is 1. The summed E-state index contributed by atoms with van der Waals surface area (Å²) in [5.41, 5.74) is 0.583. The Morgan fingerprint density at radius 1 is 1.56 bits per heavy atom. The number of nitrogens with zero attached hydrogens (tertiary/aromatic N) is 1. The first-order valence-corrected chi connectivity index (χ1v) is 6.23. The normalized spacial score (nSPS) is 20.4. The van der Waals surface area contributed by atoms with Gasteiger partial charge in [-0.15, -0.1) is 0 Å². The Kier molecular flexibility index (Phi) is 4.15. The van der Waals surface area contributed by atoms with E-state index in [1.807, 2.05) is 6.92 Å². The first-order chi connectivity index (χ1) is 8.70. The van der Waals surface area contributed by atoms with Crippen LogP contribution in [0.3, 0.4) is 0 Å². The van der Waals surface area contributed by atoms with Gasteiger partial charge in [0.15, 0.2) is 0 Å². The first kappa shape index (κ1) is 12.8. The molecule has 5 heteroatoms. The zero-order valence-corrected chi connectivity index (χ0v) is 10.8. The first-order valence-electron chi connectivity index (χ1n) is 6.23. The molecular weight excluding hydrogens is 230 g/mol. The number of carbonyl (C=O) groups is 1. The molecule has 1 aromatic heterocycles. The van der Waals surface area contributed by atoms with Crippen LogP contribution < -0.4 is 10.6 Å². The molecule has 0 aromatic carbocycles. The third-order valence-electron chi connectivity index (χ3n) is 3.31. The van der Waals surface area contributed by atoms with Gasteiger partial charge in [0.2, 0.25) is 0 Å². The second-order valence-corrected chi connectivity index (χ2v) is 4.57. The van der Waals surface area contributed by atoms with Crippen molar-refractivity contribution in [3.05, 3.63) is 23.9 Å². The molecule has 1 saturated heterocycles. The van der Waals surface area contributed by atoms with E-state index in [2.05, 4.69) is 15.6 Å². The van der Waals surface area contributed by atoms with Crippen molar-refractivity contribution in [3.63, 3.8) is 0 Å². The molecule has 18 heavy (non-hydrogen) atoms. The number of rotatable bonds is 4. The number of hydrogen-bond donors (Lipinski definition) is 2. The lowest BCUT2D eigenvalue weighted by Gasteiger charge is -2.19. The van der Waals surface area contributed by atoms with Gasteiger partial charge in [-0.25, -0.2) is 4.98 Å². The maximum absolute atomic E-state index is 12.0. The quantitative estimate of drug-likeness (QED) is 0.843. The number of ether oxygens (including phenoxy) is 1. The topological polar surface area (TPSA) is 63.2 Å². The van der Waals surface area contributed by atoms with Crippen LogP contribution in [0.5, 0.6) is 0 Å². The number of aromatic nitrogens is 1. The molecule has 1 amide bonds. The summed E-state index contributed by atoms with van der Waals surface area (Å²) in [7, 11) is 1.80. The molecule has 0 aliphatic carbocycles. The zero-order chi connectivity index (χ0) is 13.0. The molecule has 5 nitrogen and oxygen atoms in total. The molecule has 2 unspecified atom stereocenters. The van der Waals surface area contributed by atoms with Gasteiger partial charge in [-0.1, -0.05) is 0 Å². The van der Waals surface area contributed by atoms with E-state index in [0.717, 1.165) is 25.5 Å². The highest BCUT2D eigenvalue weighted by Gasteiger charge is 2.23. The lowest BCUT2D eigenvalue weighted by atomic mass is 10.0. The van der Waals surface area contributed by atoms with E-state index in [9.17, 15) is 4.79 Å². The standard InChI is InChI=1S/C13H19N3O2/c1-9(11-5-6-18-8-11)16-13(17)10-3-4-12(14-2)15-7-10/h3-4,7,9,11H,5-6,8H2,1-2H3,(H,14,15)(H,16,17). The highest BCUT2D eigenvalue weighted by Crippen LogP contribution is 2.16. The van der Waals surface area contributed by atoms with Crippen LogP contribution in [0.1, 0.15) is 23.7 Å². The summed E-state index contributed by atoms with van der Waals surface area (Å²) in [4.78, 5) is 16.1. The third kappa shape index (κ3) is 2.98. The molecule has 1 aliphatic rings. The summed E-state index contributed by atoms with van der Waals surface area (Å²) in [5.74, 6) is 1.09. The maximum atomic E-state index is 12.0. The van der Waals surface area contributed by atoms with Gasteiger partial charge in [0.1, 0.15) is 5.82 Å². The molecule has 2 N–H and O–H groups in total. The van der Waals surface area contributed by atoms with Gasteiger partial charge >= 0.3 is 0 Å². The maximum Gasteiger partial charge on any atom is 0.253 e. The zero-order valence-electron chi connectivity index (χ0n) is 10.8. The van der Waals surface area contributed by atoms with E-state index in [1.54, 1.807) is 25.4 Å². The Hall–Kier alpha value is -1.62. The van der Waals surface area contributed by atoms with Crippen molar-refractivity contribution in [2.24, 2.45) is 5.92 Å². The largest absolute Gasteiger partial charge is 0.381 e. The molecule has 0 spiro atoms. The summed E-state index contributed by atoms with van der Waals surface area (Å²) in [5, 5.41) is 5.92. The van der Waals surface area contributed by atoms with Gasteiger partial charge < -0.3 is 15.4 Å². The molecule has 98 valence electrons. The summed E-state index contributed by atoms with van der Waals surface area (Å²) in [6.07, 6.45) is 2.59. The molecule has 1 fully saturated rings. The van der Waals surface area contributed by atoms with Crippen LogP contribution in [0.2, 0.25) is 0 Å². The summed E-state index contributed by atoms with van der Waals surface area (Å²) >= 11 is 0. The van der Waals surface area contributed by atoms with Crippen LogP contribution in [-0.4, -0.2) is 37.2 Å². The summed E-state index contributed by atoms with van der Waals surface area (Å²) < 4.78 is 5.32. The van der Waals surface area contributed by atoms with E-state index in [-0.39, 0.29) is 11.9 Å². The molecule has 1 aromatic rings. The molecule has 0 radical (unpaired) electrons. The average Bonchev–Trinajstić information content (AvgIpc) is 2.92. The predicted molar refractivity (Wildman–Crippen MR) is 69.6 cm³/mol. The molecule has 2 rings (SSSR count). The van der Waals surface area contributed by atoms with Gasteiger partial charge in [-0.05, 0) is 25.5 Å². The Morgan fingerprint density at radius 3 is 2.94 bits per heavy atom. The lowest BCUT2D eigenvalue weighted by molar-refractivity contribution is 0.0922. The van der Waals surface area contributed by atoms with Crippen molar-refractivity contribution < 1.29 is 9.53 Å². The second-order valence-electron chi connectivity index (χ2n) is 4.57. The average molecular weight is 249 g/mol. The fraction of sp³-hybridized carbons (Fsp3) is 0.538. The Morgan fingerprint density at radius 2 is 2.39 bits per heavy atom. The van der Waals surface area contributed by atoms with Gasteiger partial charge in [0.05, 0.1) is 12.2 Å². The number of hydrogen-bond acceptors (Lipinski definition) is 4. The van der Waals surface area contributed by atoms with Crippen molar-refractivity contribution in [2.75, 3.05) is 25.6 Å². The van der Waals surface area contributed by atoms with Crippen LogP contribution in [0.25, 0.3) is 0 Å². The number of carbonyl (C=O) groups excluding carboxylic acids is 1.